The van der Waals surface area contributed by atoms with E-state index in [0.29, 0.717) is 18.7 Å². The Balaban J connectivity index is 3.15. The molecule has 0 aromatic heterocycles. The van der Waals surface area contributed by atoms with Gasteiger partial charge < -0.3 is 10.4 Å². The molecular weight excluding hydrogens is 223 g/mol. The van der Waals surface area contributed by atoms with Gasteiger partial charge in [-0.1, -0.05) is 6.92 Å². The summed E-state index contributed by atoms with van der Waals surface area (Å²) in [5, 5.41) is 11.3. The Morgan fingerprint density at radius 2 is 1.88 bits per heavy atom. The first-order chi connectivity index (χ1) is 7.47. The molecule has 0 aliphatic rings. The molecule has 2 N–H and O–H groups in total. The summed E-state index contributed by atoms with van der Waals surface area (Å²) in [5.74, 6) is -5.70. The molecule has 0 saturated carbocycles. The van der Waals surface area contributed by atoms with Gasteiger partial charge in [-0.05, 0) is 24.2 Å². The fraction of sp³-hybridized carbons (Fsp3) is 0.300. The minimum atomic E-state index is -1.61. The summed E-state index contributed by atoms with van der Waals surface area (Å²) in [5.41, 5.74) is -0.161. The van der Waals surface area contributed by atoms with Gasteiger partial charge in [0.2, 0.25) is 0 Å². The zero-order valence-electron chi connectivity index (χ0n) is 8.43. The average Bonchev–Trinajstić information content (AvgIpc) is 2.21. The van der Waals surface area contributed by atoms with Crippen LogP contribution in [0.5, 0.6) is 0 Å². The predicted molar refractivity (Wildman–Crippen MR) is 50.4 cm³/mol. The number of halogens is 3. The number of likely N-dealkylation sites (N-methyl/N-ethyl adjacent to an activating group) is 1. The molecule has 0 saturated heterocycles. The molecule has 0 aliphatic carbocycles. The average molecular weight is 233 g/mol. The van der Waals surface area contributed by atoms with Gasteiger partial charge in [-0.25, -0.2) is 13.2 Å². The predicted octanol–water partition coefficient (Wildman–Crippen LogP) is 1.84. The standard InChI is InChI=1S/C10H10F3NO2/c1-2-14-9(10(15)16)5-3-6(11)8(13)7(12)4-5/h3-4,9,14H,2H2,1H3,(H,15,16). The smallest absolute Gasteiger partial charge is 0.325 e. The summed E-state index contributed by atoms with van der Waals surface area (Å²) >= 11 is 0. The Morgan fingerprint density at radius 1 is 1.38 bits per heavy atom. The van der Waals surface area contributed by atoms with E-state index >= 15 is 0 Å². The van der Waals surface area contributed by atoms with Crippen LogP contribution in [0.15, 0.2) is 12.1 Å². The van der Waals surface area contributed by atoms with Crippen LogP contribution in [0.25, 0.3) is 0 Å². The Kier molecular flexibility index (Phi) is 3.89. The van der Waals surface area contributed by atoms with E-state index in [0.717, 1.165) is 0 Å². The van der Waals surface area contributed by atoms with Crippen molar-refractivity contribution in [2.24, 2.45) is 0 Å². The minimum absolute atomic E-state index is 0.161. The molecular formula is C10H10F3NO2. The Labute approximate surface area is 89.9 Å². The van der Waals surface area contributed by atoms with Crippen LogP contribution >= 0.6 is 0 Å². The number of hydrogen-bond acceptors (Lipinski definition) is 2. The van der Waals surface area contributed by atoms with E-state index in [2.05, 4.69) is 5.32 Å². The first-order valence-corrected chi connectivity index (χ1v) is 4.58. The van der Waals surface area contributed by atoms with Crippen molar-refractivity contribution in [1.82, 2.24) is 5.32 Å². The summed E-state index contributed by atoms with van der Waals surface area (Å²) in [4.78, 5) is 10.8. The lowest BCUT2D eigenvalue weighted by atomic mass is 10.1. The molecule has 6 heteroatoms. The van der Waals surface area contributed by atoms with E-state index in [1.165, 1.54) is 0 Å². The first kappa shape index (κ1) is 12.5. The largest absolute Gasteiger partial charge is 0.480 e. The number of nitrogens with one attached hydrogen (secondary N) is 1. The van der Waals surface area contributed by atoms with Crippen LogP contribution in [0, 0.1) is 17.5 Å². The van der Waals surface area contributed by atoms with Crippen LogP contribution < -0.4 is 5.32 Å². The highest BCUT2D eigenvalue weighted by Gasteiger charge is 2.22. The molecule has 1 aromatic rings. The van der Waals surface area contributed by atoms with Crippen molar-refractivity contribution in [3.8, 4) is 0 Å². The third-order valence-corrected chi connectivity index (χ3v) is 1.99. The maximum absolute atomic E-state index is 12.9. The maximum Gasteiger partial charge on any atom is 0.325 e. The molecule has 0 heterocycles. The van der Waals surface area contributed by atoms with Crippen LogP contribution in [0.1, 0.15) is 18.5 Å². The van der Waals surface area contributed by atoms with Crippen LogP contribution in [-0.4, -0.2) is 17.6 Å². The summed E-state index contributed by atoms with van der Waals surface area (Å²) < 4.78 is 38.4. The molecule has 88 valence electrons. The first-order valence-electron chi connectivity index (χ1n) is 4.58. The van der Waals surface area contributed by atoms with Gasteiger partial charge in [0, 0.05) is 0 Å². The van der Waals surface area contributed by atoms with E-state index in [1.54, 1.807) is 6.92 Å². The number of carboxylic acid groups (broad SMARTS) is 1. The van der Waals surface area contributed by atoms with Gasteiger partial charge in [0.25, 0.3) is 0 Å². The third kappa shape index (κ3) is 2.52. The number of benzene rings is 1. The van der Waals surface area contributed by atoms with Crippen LogP contribution in [0.4, 0.5) is 13.2 Å². The summed E-state index contributed by atoms with van der Waals surface area (Å²) in [7, 11) is 0. The zero-order valence-corrected chi connectivity index (χ0v) is 8.43. The Morgan fingerprint density at radius 3 is 2.25 bits per heavy atom. The normalized spacial score (nSPS) is 12.5. The molecule has 3 nitrogen and oxygen atoms in total. The van der Waals surface area contributed by atoms with Crippen LogP contribution in [0.3, 0.4) is 0 Å². The van der Waals surface area contributed by atoms with Crippen molar-refractivity contribution >= 4 is 5.97 Å². The third-order valence-electron chi connectivity index (χ3n) is 1.99. The number of hydrogen-bond donors (Lipinski definition) is 2. The minimum Gasteiger partial charge on any atom is -0.480 e. The molecule has 1 rings (SSSR count). The number of carbonyl (C=O) groups is 1. The number of rotatable bonds is 4. The molecule has 0 amide bonds. The molecule has 1 atom stereocenters. The SMILES string of the molecule is CCNC(C(=O)O)c1cc(F)c(F)c(F)c1. The molecule has 1 unspecified atom stereocenters. The lowest BCUT2D eigenvalue weighted by molar-refractivity contribution is -0.139. The van der Waals surface area contributed by atoms with Crippen LogP contribution in [0.2, 0.25) is 0 Å². The van der Waals surface area contributed by atoms with E-state index in [-0.39, 0.29) is 5.56 Å². The Hall–Kier alpha value is -1.56. The van der Waals surface area contributed by atoms with Gasteiger partial charge in [0.1, 0.15) is 6.04 Å². The van der Waals surface area contributed by atoms with Gasteiger partial charge in [0.05, 0.1) is 0 Å². The van der Waals surface area contributed by atoms with Crippen molar-refractivity contribution in [1.29, 1.82) is 0 Å². The fourth-order valence-corrected chi connectivity index (χ4v) is 1.29. The van der Waals surface area contributed by atoms with E-state index < -0.39 is 29.5 Å². The quantitative estimate of drug-likeness (QED) is 0.780. The Bertz CT molecular complexity index is 386. The molecule has 16 heavy (non-hydrogen) atoms. The van der Waals surface area contributed by atoms with Crippen molar-refractivity contribution in [3.05, 3.63) is 35.1 Å². The van der Waals surface area contributed by atoms with Crippen molar-refractivity contribution < 1.29 is 23.1 Å². The summed E-state index contributed by atoms with van der Waals surface area (Å²) in [6, 6.07) is 0.0781. The highest BCUT2D eigenvalue weighted by atomic mass is 19.2. The molecule has 0 spiro atoms. The topological polar surface area (TPSA) is 49.3 Å². The van der Waals surface area contributed by atoms with E-state index in [4.69, 9.17) is 5.11 Å². The van der Waals surface area contributed by atoms with Gasteiger partial charge >= 0.3 is 5.97 Å². The summed E-state index contributed by atoms with van der Waals surface area (Å²) in [6.07, 6.45) is 0. The molecule has 1 aromatic carbocycles. The van der Waals surface area contributed by atoms with Crippen molar-refractivity contribution in [2.45, 2.75) is 13.0 Å². The van der Waals surface area contributed by atoms with Crippen LogP contribution in [-0.2, 0) is 4.79 Å². The van der Waals surface area contributed by atoms with E-state index in [1.807, 2.05) is 0 Å². The van der Waals surface area contributed by atoms with Crippen molar-refractivity contribution in [3.63, 3.8) is 0 Å². The molecule has 0 radical (unpaired) electrons. The van der Waals surface area contributed by atoms with E-state index in [9.17, 15) is 18.0 Å². The second kappa shape index (κ2) is 4.98. The highest BCUT2D eigenvalue weighted by Crippen LogP contribution is 2.19. The molecule has 0 aliphatic heterocycles. The lowest BCUT2D eigenvalue weighted by Gasteiger charge is -2.13. The zero-order chi connectivity index (χ0) is 12.3. The molecule has 0 bridgehead atoms. The van der Waals surface area contributed by atoms with Gasteiger partial charge in [-0.2, -0.15) is 0 Å². The highest BCUT2D eigenvalue weighted by molar-refractivity contribution is 5.75. The lowest BCUT2D eigenvalue weighted by Crippen LogP contribution is -2.28. The monoisotopic (exact) mass is 233 g/mol. The number of aliphatic carboxylic acids is 1. The van der Waals surface area contributed by atoms with Gasteiger partial charge in [-0.3, -0.25) is 4.79 Å². The second-order valence-corrected chi connectivity index (χ2v) is 3.13. The molecule has 0 fully saturated rings. The fourth-order valence-electron chi connectivity index (χ4n) is 1.29. The van der Waals surface area contributed by atoms with Gasteiger partial charge in [0.15, 0.2) is 17.5 Å². The maximum atomic E-state index is 12.9. The number of carboxylic acids is 1. The summed E-state index contributed by atoms with van der Waals surface area (Å²) in [6.45, 7) is 1.95. The second-order valence-electron chi connectivity index (χ2n) is 3.13. The van der Waals surface area contributed by atoms with Crippen molar-refractivity contribution in [2.75, 3.05) is 6.54 Å². The van der Waals surface area contributed by atoms with Gasteiger partial charge in [-0.15, -0.1) is 0 Å².